The summed E-state index contributed by atoms with van der Waals surface area (Å²) in [4.78, 5) is 21.1. The first-order chi connectivity index (χ1) is 9.76. The van der Waals surface area contributed by atoms with Crippen molar-refractivity contribution in [1.29, 1.82) is 0 Å². The van der Waals surface area contributed by atoms with E-state index in [1.165, 1.54) is 6.92 Å². The second-order valence-corrected chi connectivity index (χ2v) is 6.58. The van der Waals surface area contributed by atoms with Crippen molar-refractivity contribution >= 4 is 11.9 Å². The molecule has 140 valence electrons. The van der Waals surface area contributed by atoms with Gasteiger partial charge >= 0.3 is 30.8 Å². The first-order valence-electron chi connectivity index (χ1n) is 7.58. The Balaban J connectivity index is -0.000000156. The summed E-state index contributed by atoms with van der Waals surface area (Å²) in [5, 5.41) is 27.4. The van der Waals surface area contributed by atoms with Gasteiger partial charge in [-0.2, -0.15) is 0 Å². The maximum Gasteiger partial charge on any atom is 1.00 e. The molecule has 0 radical (unpaired) electrons. The molecule has 24 heavy (non-hydrogen) atoms. The second kappa shape index (κ2) is 13.7. The van der Waals surface area contributed by atoms with Crippen LogP contribution in [0.15, 0.2) is 0 Å². The molecule has 0 aliphatic heterocycles. The molecule has 0 saturated heterocycles. The van der Waals surface area contributed by atoms with Crippen LogP contribution in [-0.4, -0.2) is 50.5 Å². The molecule has 2 atom stereocenters. The van der Waals surface area contributed by atoms with E-state index in [4.69, 9.17) is 9.84 Å². The molecule has 0 aliphatic rings. The molecule has 0 aromatic carbocycles. The summed E-state index contributed by atoms with van der Waals surface area (Å²) in [6.45, 7) is 12.6. The standard InChI is InChI=1S/C9H18O3.C7H14O3.Li.H2O/c1-5-12-8(10)6-9(4,11)7(2)3;1-5(2)7(3,10)4-6(8)9;;/h7,11H,5-6H2,1-4H3;5,10H,4H2,1-3H3,(H,8,9);;1H2/q;;+1;/p-1. The van der Waals surface area contributed by atoms with E-state index in [2.05, 4.69) is 0 Å². The predicted molar refractivity (Wildman–Crippen MR) is 86.4 cm³/mol. The van der Waals surface area contributed by atoms with Gasteiger partial charge in [-0.05, 0) is 32.6 Å². The molecule has 0 aliphatic carbocycles. The van der Waals surface area contributed by atoms with Crippen LogP contribution in [0.4, 0.5) is 0 Å². The zero-order chi connectivity index (χ0) is 18.1. The van der Waals surface area contributed by atoms with E-state index in [1.807, 2.05) is 13.8 Å². The van der Waals surface area contributed by atoms with Crippen molar-refractivity contribution in [2.75, 3.05) is 6.61 Å². The van der Waals surface area contributed by atoms with Crippen LogP contribution < -0.4 is 18.9 Å². The largest absolute Gasteiger partial charge is 1.00 e. The Kier molecular flexibility index (Phi) is 17.8. The van der Waals surface area contributed by atoms with Gasteiger partial charge in [-0.25, -0.2) is 0 Å². The molecule has 2 unspecified atom stereocenters. The quantitative estimate of drug-likeness (QED) is 0.400. The fourth-order valence-corrected chi connectivity index (χ4v) is 1.22. The van der Waals surface area contributed by atoms with Crippen LogP contribution in [0.25, 0.3) is 0 Å². The number of carboxylic acid groups (broad SMARTS) is 1. The van der Waals surface area contributed by atoms with Crippen LogP contribution >= 0.6 is 0 Å². The second-order valence-electron chi connectivity index (χ2n) is 6.58. The van der Waals surface area contributed by atoms with Gasteiger partial charge in [-0.1, -0.05) is 27.7 Å². The Morgan fingerprint density at radius 1 is 0.958 bits per heavy atom. The first kappa shape index (κ1) is 31.2. The van der Waals surface area contributed by atoms with Gasteiger partial charge in [-0.15, -0.1) is 0 Å². The molecule has 0 saturated carbocycles. The van der Waals surface area contributed by atoms with Gasteiger partial charge in [0.1, 0.15) is 0 Å². The van der Waals surface area contributed by atoms with Crippen LogP contribution in [0, 0.1) is 11.8 Å². The summed E-state index contributed by atoms with van der Waals surface area (Å²) in [7, 11) is 0. The van der Waals surface area contributed by atoms with Crippen molar-refractivity contribution in [3.05, 3.63) is 0 Å². The maximum absolute atomic E-state index is 11.0. The molecule has 0 amide bonds. The molecule has 0 bridgehead atoms. The topological polar surface area (TPSA) is 134 Å². The summed E-state index contributed by atoms with van der Waals surface area (Å²) in [5.41, 5.74) is -2.03. The minimum absolute atomic E-state index is 0. The van der Waals surface area contributed by atoms with Gasteiger partial charge < -0.3 is 25.5 Å². The third-order valence-electron chi connectivity index (χ3n) is 3.80. The molecular formula is C16H33LiO7. The molecule has 7 nitrogen and oxygen atoms in total. The van der Waals surface area contributed by atoms with Gasteiger partial charge in [0.15, 0.2) is 0 Å². The Hall–Kier alpha value is -0.583. The zero-order valence-electron chi connectivity index (χ0n) is 16.3. The average Bonchev–Trinajstić information content (AvgIpc) is 2.26. The number of hydrogen-bond donors (Lipinski definition) is 3. The minimum atomic E-state index is -1.08. The van der Waals surface area contributed by atoms with Crippen molar-refractivity contribution in [3.8, 4) is 0 Å². The summed E-state index contributed by atoms with van der Waals surface area (Å²) >= 11 is 0. The number of aliphatic carboxylic acids is 1. The number of esters is 1. The van der Waals surface area contributed by atoms with Gasteiger partial charge in [0.25, 0.3) is 0 Å². The van der Waals surface area contributed by atoms with Gasteiger partial charge in [-0.3, -0.25) is 9.59 Å². The monoisotopic (exact) mass is 344 g/mol. The van der Waals surface area contributed by atoms with Crippen LogP contribution in [0.2, 0.25) is 0 Å². The maximum atomic E-state index is 11.0. The zero-order valence-corrected chi connectivity index (χ0v) is 16.3. The number of carbonyl (C=O) groups is 2. The van der Waals surface area contributed by atoms with E-state index in [-0.39, 0.29) is 55.0 Å². The van der Waals surface area contributed by atoms with E-state index in [0.717, 1.165) is 0 Å². The smallest absolute Gasteiger partial charge is 0.870 e. The number of ether oxygens (including phenoxy) is 1. The van der Waals surface area contributed by atoms with Crippen LogP contribution in [0.5, 0.6) is 0 Å². The summed E-state index contributed by atoms with van der Waals surface area (Å²) in [6, 6.07) is 0. The molecule has 8 heteroatoms. The van der Waals surface area contributed by atoms with Crippen LogP contribution in [0.1, 0.15) is 61.3 Å². The van der Waals surface area contributed by atoms with Crippen molar-refractivity contribution in [2.45, 2.75) is 72.5 Å². The molecule has 0 fully saturated rings. The molecule has 4 N–H and O–H groups in total. The summed E-state index contributed by atoms with van der Waals surface area (Å²) < 4.78 is 4.73. The Morgan fingerprint density at radius 2 is 1.29 bits per heavy atom. The Labute approximate surface area is 157 Å². The molecule has 0 aromatic heterocycles. The number of carbonyl (C=O) groups excluding carboxylic acids is 1. The van der Waals surface area contributed by atoms with Crippen molar-refractivity contribution < 1.29 is 54.0 Å². The predicted octanol–water partition coefficient (Wildman–Crippen LogP) is -0.958. The molecule has 0 rings (SSSR count). The Bertz CT molecular complexity index is 352. The Morgan fingerprint density at radius 3 is 1.50 bits per heavy atom. The van der Waals surface area contributed by atoms with Crippen LogP contribution in [0.3, 0.4) is 0 Å². The number of aliphatic hydroxyl groups is 2. The number of hydrogen-bond acceptors (Lipinski definition) is 6. The van der Waals surface area contributed by atoms with E-state index in [9.17, 15) is 19.8 Å². The van der Waals surface area contributed by atoms with E-state index in [1.54, 1.807) is 27.7 Å². The molecule has 0 heterocycles. The van der Waals surface area contributed by atoms with Gasteiger partial charge in [0.2, 0.25) is 0 Å². The molecule has 0 spiro atoms. The van der Waals surface area contributed by atoms with E-state index in [0.29, 0.717) is 6.61 Å². The third-order valence-corrected chi connectivity index (χ3v) is 3.80. The van der Waals surface area contributed by atoms with Crippen molar-refractivity contribution in [2.24, 2.45) is 11.8 Å². The SMILES string of the molecule is CC(C)C(C)(O)CC(=O)O.CCOC(=O)CC(C)(O)C(C)C.[Li+].[OH-]. The van der Waals surface area contributed by atoms with E-state index >= 15 is 0 Å². The minimum Gasteiger partial charge on any atom is -0.870 e. The fraction of sp³-hybridized carbons (Fsp3) is 0.875. The van der Waals surface area contributed by atoms with Crippen molar-refractivity contribution in [1.82, 2.24) is 0 Å². The number of carboxylic acids is 1. The molecular weight excluding hydrogens is 311 g/mol. The fourth-order valence-electron chi connectivity index (χ4n) is 1.22. The van der Waals surface area contributed by atoms with Gasteiger partial charge in [0, 0.05) is 0 Å². The summed E-state index contributed by atoms with van der Waals surface area (Å²) in [6.07, 6.45) is -0.122. The third kappa shape index (κ3) is 15.0. The number of rotatable bonds is 7. The van der Waals surface area contributed by atoms with Crippen LogP contribution in [-0.2, 0) is 14.3 Å². The molecule has 0 aromatic rings. The van der Waals surface area contributed by atoms with E-state index < -0.39 is 17.2 Å². The first-order valence-corrected chi connectivity index (χ1v) is 7.58. The summed E-state index contributed by atoms with van der Waals surface area (Å²) in [5.74, 6) is -1.26. The average molecular weight is 344 g/mol. The van der Waals surface area contributed by atoms with Crippen molar-refractivity contribution in [3.63, 3.8) is 0 Å². The normalized spacial score (nSPS) is 15.0. The van der Waals surface area contributed by atoms with Gasteiger partial charge in [0.05, 0.1) is 30.7 Å².